The van der Waals surface area contributed by atoms with E-state index in [2.05, 4.69) is 38.2 Å². The molecule has 46 heavy (non-hydrogen) atoms. The molecule has 0 fully saturated rings. The fraction of sp³-hybridized carbons (Fsp3) is 0.725. The molecule has 0 heterocycles. The minimum atomic E-state index is -0.860. The van der Waals surface area contributed by atoms with Gasteiger partial charge in [-0.3, -0.25) is 14.4 Å². The second-order valence-corrected chi connectivity index (χ2v) is 12.3. The quantitative estimate of drug-likeness (QED) is 0.0251. The van der Waals surface area contributed by atoms with Crippen molar-refractivity contribution >= 4 is 17.7 Å². The van der Waals surface area contributed by atoms with Crippen LogP contribution in [0.3, 0.4) is 0 Å². The molecule has 6 heteroatoms. The van der Waals surface area contributed by atoms with E-state index >= 15 is 0 Å². The molecule has 0 unspecified atom stereocenters. The predicted octanol–water partition coefficient (Wildman–Crippen LogP) is 10.6. The summed E-state index contributed by atoms with van der Waals surface area (Å²) in [7, 11) is 0. The van der Waals surface area contributed by atoms with E-state index in [4.69, 9.17) is 9.47 Å². The molecule has 0 aromatic rings. The van der Waals surface area contributed by atoms with E-state index in [1.54, 1.807) is 6.08 Å². The molecule has 0 aliphatic rings. The molecule has 6 nitrogen and oxygen atoms in total. The van der Waals surface area contributed by atoms with Crippen molar-refractivity contribution in [1.82, 2.24) is 0 Å². The first-order valence-electron chi connectivity index (χ1n) is 18.6. The van der Waals surface area contributed by atoms with Gasteiger partial charge in [-0.15, -0.1) is 0 Å². The summed E-state index contributed by atoms with van der Waals surface area (Å²) in [6, 6.07) is 0. The van der Waals surface area contributed by atoms with Crippen LogP contribution in [0.1, 0.15) is 168 Å². The second-order valence-electron chi connectivity index (χ2n) is 12.3. The maximum atomic E-state index is 12.1. The summed E-state index contributed by atoms with van der Waals surface area (Å²) >= 11 is 0. The lowest BCUT2D eigenvalue weighted by Gasteiger charge is -2.15. The number of ether oxygens (including phenoxy) is 2. The highest BCUT2D eigenvalue weighted by atomic mass is 16.6. The Kier molecular flexibility index (Phi) is 33.5. The van der Waals surface area contributed by atoms with Crippen LogP contribution in [0.15, 0.2) is 48.6 Å². The minimum Gasteiger partial charge on any atom is -0.462 e. The smallest absolute Gasteiger partial charge is 0.306 e. The van der Waals surface area contributed by atoms with Crippen LogP contribution in [0.2, 0.25) is 0 Å². The molecule has 0 saturated heterocycles. The number of hydrogen-bond donors (Lipinski definition) is 1. The third-order valence-corrected chi connectivity index (χ3v) is 7.85. The first-order chi connectivity index (χ1) is 22.5. The van der Waals surface area contributed by atoms with Gasteiger partial charge in [0.1, 0.15) is 6.61 Å². The predicted molar refractivity (Wildman–Crippen MR) is 192 cm³/mol. The first-order valence-corrected chi connectivity index (χ1v) is 18.6. The van der Waals surface area contributed by atoms with Crippen molar-refractivity contribution in [3.8, 4) is 0 Å². The highest BCUT2D eigenvalue weighted by Crippen LogP contribution is 2.14. The number of aliphatic hydroxyl groups is 1. The van der Waals surface area contributed by atoms with Crippen molar-refractivity contribution in [3.05, 3.63) is 48.6 Å². The van der Waals surface area contributed by atoms with Crippen LogP contribution in [-0.2, 0) is 23.9 Å². The van der Waals surface area contributed by atoms with Gasteiger partial charge >= 0.3 is 11.9 Å². The Morgan fingerprint density at radius 3 is 1.70 bits per heavy atom. The molecular weight excluding hydrogens is 576 g/mol. The lowest BCUT2D eigenvalue weighted by molar-refractivity contribution is -0.161. The summed E-state index contributed by atoms with van der Waals surface area (Å²) in [6.07, 6.45) is 40.2. The highest BCUT2D eigenvalue weighted by Gasteiger charge is 2.16. The standard InChI is InChI=1S/C40H68O6/c1-3-5-7-9-11-13-15-17-19-21-23-25-27-29-33-40(44)46-38(35-41)36-45-39(43)34-30-32-37(42)31-28-26-24-22-20-18-16-14-12-10-8-6-4-2/h12,14,18,20,24,26,28,31,38,41H,3-11,13,15-17,19,21-23,25,27,29-30,32-36H2,1-2H3/b14-12-,20-18-,26-24-,31-28+/t38-/m0/s1. The molecule has 0 rings (SSSR count). The summed E-state index contributed by atoms with van der Waals surface area (Å²) in [5.41, 5.74) is 0. The number of esters is 2. The monoisotopic (exact) mass is 645 g/mol. The summed E-state index contributed by atoms with van der Waals surface area (Å²) in [4.78, 5) is 36.2. The second kappa shape index (κ2) is 35.4. The number of unbranched alkanes of at least 4 members (excludes halogenated alkanes) is 16. The molecule has 0 aliphatic carbocycles. The third kappa shape index (κ3) is 32.9. The van der Waals surface area contributed by atoms with Crippen molar-refractivity contribution in [3.63, 3.8) is 0 Å². The highest BCUT2D eigenvalue weighted by molar-refractivity contribution is 5.90. The Bertz CT molecular complexity index is 841. The van der Waals surface area contributed by atoms with Crippen LogP contribution < -0.4 is 0 Å². The number of ketones is 1. The van der Waals surface area contributed by atoms with E-state index in [9.17, 15) is 19.5 Å². The van der Waals surface area contributed by atoms with E-state index in [1.807, 2.05) is 12.2 Å². The van der Waals surface area contributed by atoms with E-state index in [1.165, 1.54) is 96.0 Å². The van der Waals surface area contributed by atoms with Crippen LogP contribution in [0.4, 0.5) is 0 Å². The Hall–Kier alpha value is -2.47. The molecule has 0 radical (unpaired) electrons. The molecule has 0 saturated carbocycles. The number of hydrogen-bond acceptors (Lipinski definition) is 6. The molecule has 0 amide bonds. The zero-order valence-electron chi connectivity index (χ0n) is 29.6. The topological polar surface area (TPSA) is 89.9 Å². The van der Waals surface area contributed by atoms with Gasteiger partial charge in [0, 0.05) is 19.3 Å². The van der Waals surface area contributed by atoms with Gasteiger partial charge in [-0.05, 0) is 44.6 Å². The van der Waals surface area contributed by atoms with Crippen molar-refractivity contribution in [1.29, 1.82) is 0 Å². The van der Waals surface area contributed by atoms with Gasteiger partial charge in [0.2, 0.25) is 0 Å². The molecule has 0 bridgehead atoms. The average Bonchev–Trinajstić information content (AvgIpc) is 3.05. The zero-order chi connectivity index (χ0) is 33.8. The first kappa shape index (κ1) is 43.5. The third-order valence-electron chi connectivity index (χ3n) is 7.85. The summed E-state index contributed by atoms with van der Waals surface area (Å²) in [5.74, 6) is -0.894. The van der Waals surface area contributed by atoms with Gasteiger partial charge in [0.05, 0.1) is 6.61 Å². The van der Waals surface area contributed by atoms with Crippen molar-refractivity contribution in [2.75, 3.05) is 13.2 Å². The molecular formula is C40H68O6. The maximum Gasteiger partial charge on any atom is 0.306 e. The van der Waals surface area contributed by atoms with Crippen LogP contribution in [0.25, 0.3) is 0 Å². The number of rotatable bonds is 33. The van der Waals surface area contributed by atoms with Gasteiger partial charge in [-0.2, -0.15) is 0 Å². The fourth-order valence-corrected chi connectivity index (χ4v) is 4.98. The molecule has 264 valence electrons. The minimum absolute atomic E-state index is 0.0492. The van der Waals surface area contributed by atoms with Crippen LogP contribution in [-0.4, -0.2) is 42.1 Å². The van der Waals surface area contributed by atoms with Crippen LogP contribution in [0, 0.1) is 0 Å². The van der Waals surface area contributed by atoms with Gasteiger partial charge in [0.25, 0.3) is 0 Å². The summed E-state index contributed by atoms with van der Waals surface area (Å²) in [5, 5.41) is 9.52. The molecule has 0 aliphatic heterocycles. The molecule has 0 aromatic carbocycles. The fourth-order valence-electron chi connectivity index (χ4n) is 4.98. The number of aliphatic hydroxyl groups excluding tert-OH is 1. The lowest BCUT2D eigenvalue weighted by atomic mass is 10.0. The normalized spacial score (nSPS) is 12.6. The Morgan fingerprint density at radius 1 is 0.565 bits per heavy atom. The average molecular weight is 645 g/mol. The Labute approximate surface area is 282 Å². The van der Waals surface area contributed by atoms with Crippen molar-refractivity contribution in [2.24, 2.45) is 0 Å². The maximum absolute atomic E-state index is 12.1. The molecule has 1 atom stereocenters. The largest absolute Gasteiger partial charge is 0.462 e. The number of carbonyl (C=O) groups is 3. The zero-order valence-corrected chi connectivity index (χ0v) is 29.6. The molecule has 0 aromatic heterocycles. The van der Waals surface area contributed by atoms with Gasteiger partial charge in [0.15, 0.2) is 11.9 Å². The Morgan fingerprint density at radius 2 is 1.09 bits per heavy atom. The van der Waals surface area contributed by atoms with Crippen LogP contribution in [0.5, 0.6) is 0 Å². The lowest BCUT2D eigenvalue weighted by Crippen LogP contribution is -2.28. The van der Waals surface area contributed by atoms with Crippen molar-refractivity contribution in [2.45, 2.75) is 174 Å². The van der Waals surface area contributed by atoms with E-state index in [-0.39, 0.29) is 31.2 Å². The van der Waals surface area contributed by atoms with E-state index in [0.29, 0.717) is 12.8 Å². The van der Waals surface area contributed by atoms with Gasteiger partial charge in [-0.25, -0.2) is 0 Å². The van der Waals surface area contributed by atoms with Crippen LogP contribution >= 0.6 is 0 Å². The van der Waals surface area contributed by atoms with E-state index in [0.717, 1.165) is 38.5 Å². The molecule has 0 spiro atoms. The van der Waals surface area contributed by atoms with Crippen molar-refractivity contribution < 1.29 is 29.0 Å². The number of carbonyl (C=O) groups excluding carboxylic acids is 3. The van der Waals surface area contributed by atoms with Gasteiger partial charge < -0.3 is 14.6 Å². The number of allylic oxidation sites excluding steroid dienone is 8. The van der Waals surface area contributed by atoms with E-state index < -0.39 is 18.7 Å². The summed E-state index contributed by atoms with van der Waals surface area (Å²) < 4.78 is 10.4. The SMILES string of the molecule is CCCCC/C=C\C/C=C\C/C=C\C=C\C(=O)CCCC(=O)OC[C@H](CO)OC(=O)CCCCCCCCCCCCCCCC. The Balaban J connectivity index is 3.78. The molecule has 1 N–H and O–H groups in total. The van der Waals surface area contributed by atoms with Gasteiger partial charge in [-0.1, -0.05) is 153 Å². The summed E-state index contributed by atoms with van der Waals surface area (Å²) in [6.45, 7) is 3.89.